The summed E-state index contributed by atoms with van der Waals surface area (Å²) in [6, 6.07) is 2.36. The van der Waals surface area contributed by atoms with E-state index in [1.807, 2.05) is 45.6 Å². The molecule has 2 aliphatic rings. The second-order valence-corrected chi connectivity index (χ2v) is 8.76. The van der Waals surface area contributed by atoms with Gasteiger partial charge in [0, 0.05) is 61.7 Å². The molecule has 0 saturated carbocycles. The Morgan fingerprint density at radius 1 is 1.25 bits per heavy atom. The van der Waals surface area contributed by atoms with Crippen molar-refractivity contribution in [2.75, 3.05) is 38.2 Å². The lowest BCUT2D eigenvalue weighted by Crippen LogP contribution is -2.56. The Balaban J connectivity index is 0.00000222. The monoisotopic (exact) mass is 506 g/mol. The zero-order valence-electron chi connectivity index (χ0n) is 22.3. The van der Waals surface area contributed by atoms with Crippen molar-refractivity contribution in [2.24, 2.45) is 0 Å². The highest BCUT2D eigenvalue weighted by molar-refractivity contribution is 5.81. The first-order valence-electron chi connectivity index (χ1n) is 12.7. The minimum Gasteiger partial charge on any atom is -0.491 e. The van der Waals surface area contributed by atoms with E-state index >= 15 is 0 Å². The van der Waals surface area contributed by atoms with Crippen molar-refractivity contribution in [1.82, 2.24) is 15.5 Å². The van der Waals surface area contributed by atoms with E-state index in [-0.39, 0.29) is 30.4 Å². The number of amides is 2. The van der Waals surface area contributed by atoms with Crippen molar-refractivity contribution in [2.45, 2.75) is 66.0 Å². The van der Waals surface area contributed by atoms with E-state index in [9.17, 15) is 18.4 Å². The summed E-state index contributed by atoms with van der Waals surface area (Å²) in [6.45, 7) is 11.5. The van der Waals surface area contributed by atoms with E-state index in [0.717, 1.165) is 17.7 Å². The first kappa shape index (κ1) is 29.3. The molecule has 2 fully saturated rings. The average molecular weight is 507 g/mol. The number of anilines is 1. The summed E-state index contributed by atoms with van der Waals surface area (Å²) < 4.78 is 33.0. The summed E-state index contributed by atoms with van der Waals surface area (Å²) in [4.78, 5) is 28.2. The number of allylic oxidation sites excluding steroid dienone is 2. The van der Waals surface area contributed by atoms with Crippen molar-refractivity contribution in [3.8, 4) is 5.75 Å². The maximum Gasteiger partial charge on any atom is 0.236 e. The Bertz CT molecular complexity index is 957. The lowest BCUT2D eigenvalue weighted by molar-refractivity contribution is -0.132. The van der Waals surface area contributed by atoms with Crippen LogP contribution in [-0.2, 0) is 9.59 Å². The largest absolute Gasteiger partial charge is 0.491 e. The van der Waals surface area contributed by atoms with Gasteiger partial charge in [0.25, 0.3) is 0 Å². The van der Waals surface area contributed by atoms with Crippen molar-refractivity contribution in [3.05, 3.63) is 47.2 Å². The third-order valence-corrected chi connectivity index (χ3v) is 6.18. The summed E-state index contributed by atoms with van der Waals surface area (Å²) in [6.07, 6.45) is 6.03. The molecule has 2 unspecified atom stereocenters. The second-order valence-electron chi connectivity index (χ2n) is 8.76. The van der Waals surface area contributed by atoms with Gasteiger partial charge in [-0.3, -0.25) is 9.59 Å². The molecule has 2 saturated heterocycles. The maximum atomic E-state index is 14.1. The number of hydrogen-bond donors (Lipinski definition) is 2. The SMILES string of the molecule is CC.CC/C=C1/NC(=O)CC/C1=C/C(C)NCC(=O)N1CCN(c2cc(F)c(OC)c(F)c2)CC1C. The van der Waals surface area contributed by atoms with Gasteiger partial charge in [-0.05, 0) is 32.3 Å². The second kappa shape index (κ2) is 14.0. The fourth-order valence-corrected chi connectivity index (χ4v) is 4.43. The number of nitrogens with one attached hydrogen (secondary N) is 2. The highest BCUT2D eigenvalue weighted by Gasteiger charge is 2.28. The molecule has 9 heteroatoms. The van der Waals surface area contributed by atoms with Gasteiger partial charge in [-0.25, -0.2) is 8.78 Å². The maximum absolute atomic E-state index is 14.1. The minimum atomic E-state index is -0.745. The molecule has 0 aromatic heterocycles. The Hall–Kier alpha value is -2.94. The Kier molecular flexibility index (Phi) is 11.4. The highest BCUT2D eigenvalue weighted by atomic mass is 19.1. The molecule has 0 radical (unpaired) electrons. The number of piperidine rings is 1. The molecule has 200 valence electrons. The Morgan fingerprint density at radius 2 is 1.92 bits per heavy atom. The zero-order chi connectivity index (χ0) is 26.8. The molecule has 36 heavy (non-hydrogen) atoms. The molecule has 1 aromatic rings. The molecule has 0 aliphatic carbocycles. The summed E-state index contributed by atoms with van der Waals surface area (Å²) in [5.41, 5.74) is 2.37. The van der Waals surface area contributed by atoms with Crippen LogP contribution in [-0.4, -0.2) is 62.1 Å². The van der Waals surface area contributed by atoms with Gasteiger partial charge < -0.3 is 25.2 Å². The predicted octanol–water partition coefficient (Wildman–Crippen LogP) is 4.15. The van der Waals surface area contributed by atoms with Gasteiger partial charge in [0.05, 0.1) is 13.7 Å². The molecule has 2 amide bonds. The average Bonchev–Trinajstić information content (AvgIpc) is 2.85. The lowest BCUT2D eigenvalue weighted by Gasteiger charge is -2.41. The van der Waals surface area contributed by atoms with Crippen LogP contribution in [0.1, 0.15) is 53.9 Å². The zero-order valence-corrected chi connectivity index (χ0v) is 22.3. The van der Waals surface area contributed by atoms with E-state index in [0.29, 0.717) is 38.2 Å². The van der Waals surface area contributed by atoms with Crippen LogP contribution in [0.4, 0.5) is 14.5 Å². The smallest absolute Gasteiger partial charge is 0.236 e. The van der Waals surface area contributed by atoms with E-state index in [1.165, 1.54) is 19.2 Å². The number of rotatable bonds is 7. The number of benzene rings is 1. The van der Waals surface area contributed by atoms with E-state index < -0.39 is 17.4 Å². The van der Waals surface area contributed by atoms with Crippen LogP contribution < -0.4 is 20.3 Å². The predicted molar refractivity (Wildman–Crippen MR) is 139 cm³/mol. The molecular formula is C27H40F2N4O3. The number of hydrogen-bond acceptors (Lipinski definition) is 5. The van der Waals surface area contributed by atoms with Gasteiger partial charge in [0.15, 0.2) is 17.4 Å². The molecule has 2 heterocycles. The fraction of sp³-hybridized carbons (Fsp3) is 0.556. The summed E-state index contributed by atoms with van der Waals surface area (Å²) >= 11 is 0. The first-order chi connectivity index (χ1) is 17.2. The van der Waals surface area contributed by atoms with E-state index in [4.69, 9.17) is 4.74 Å². The number of carbonyl (C=O) groups excluding carboxylic acids is 2. The van der Waals surface area contributed by atoms with E-state index in [2.05, 4.69) is 16.7 Å². The van der Waals surface area contributed by atoms with Gasteiger partial charge in [0.1, 0.15) is 0 Å². The van der Waals surface area contributed by atoms with Crippen molar-refractivity contribution >= 4 is 17.5 Å². The van der Waals surface area contributed by atoms with Crippen molar-refractivity contribution in [1.29, 1.82) is 0 Å². The normalized spacial score (nSPS) is 21.1. The van der Waals surface area contributed by atoms with Gasteiger partial charge >= 0.3 is 0 Å². The number of carbonyl (C=O) groups is 2. The third kappa shape index (κ3) is 7.53. The summed E-state index contributed by atoms with van der Waals surface area (Å²) in [7, 11) is 1.23. The molecule has 2 atom stereocenters. The van der Waals surface area contributed by atoms with Gasteiger partial charge in [0.2, 0.25) is 11.8 Å². The molecule has 3 rings (SSSR count). The van der Waals surface area contributed by atoms with E-state index in [1.54, 1.807) is 4.90 Å². The minimum absolute atomic E-state index is 0.0224. The third-order valence-electron chi connectivity index (χ3n) is 6.18. The quantitative estimate of drug-likeness (QED) is 0.582. The summed E-state index contributed by atoms with van der Waals surface area (Å²) in [5, 5.41) is 6.18. The fourth-order valence-electron chi connectivity index (χ4n) is 4.43. The molecule has 7 nitrogen and oxygen atoms in total. The van der Waals surface area contributed by atoms with Crippen LogP contribution in [0.15, 0.2) is 35.6 Å². The summed E-state index contributed by atoms with van der Waals surface area (Å²) in [5.74, 6) is -1.88. The molecule has 2 N–H and O–H groups in total. The van der Waals surface area contributed by atoms with Gasteiger partial charge in [-0.15, -0.1) is 0 Å². The number of ether oxygens (including phenoxy) is 1. The molecule has 0 spiro atoms. The van der Waals surface area contributed by atoms with Crippen LogP contribution in [0.3, 0.4) is 0 Å². The first-order valence-corrected chi connectivity index (χ1v) is 12.7. The van der Waals surface area contributed by atoms with Crippen LogP contribution in [0.5, 0.6) is 5.75 Å². The van der Waals surface area contributed by atoms with Gasteiger partial charge in [-0.1, -0.05) is 32.9 Å². The van der Waals surface area contributed by atoms with Crippen LogP contribution >= 0.6 is 0 Å². The Morgan fingerprint density at radius 3 is 2.50 bits per heavy atom. The number of methoxy groups -OCH3 is 1. The molecular weight excluding hydrogens is 466 g/mol. The van der Waals surface area contributed by atoms with Crippen LogP contribution in [0.2, 0.25) is 0 Å². The Labute approximate surface area is 213 Å². The topological polar surface area (TPSA) is 73.9 Å². The lowest BCUT2D eigenvalue weighted by atomic mass is 9.99. The number of piperazine rings is 1. The van der Waals surface area contributed by atoms with Crippen LogP contribution in [0.25, 0.3) is 0 Å². The highest BCUT2D eigenvalue weighted by Crippen LogP contribution is 2.29. The molecule has 0 bridgehead atoms. The van der Waals surface area contributed by atoms with Crippen molar-refractivity contribution < 1.29 is 23.1 Å². The number of nitrogens with zero attached hydrogens (tertiary/aromatic N) is 2. The van der Waals surface area contributed by atoms with Crippen LogP contribution in [0, 0.1) is 11.6 Å². The molecule has 2 aliphatic heterocycles. The molecule has 1 aromatic carbocycles. The number of halogens is 2. The van der Waals surface area contributed by atoms with Gasteiger partial charge in [-0.2, -0.15) is 0 Å². The van der Waals surface area contributed by atoms with Crippen molar-refractivity contribution in [3.63, 3.8) is 0 Å². The standard InChI is InChI=1S/C25H34F2N4O3.C2H6/c1-5-6-22-18(7-8-23(32)29-22)11-16(2)28-14-24(33)31-10-9-30(15-17(31)3)19-12-20(26)25(34-4)21(27)13-19;1-2/h6,11-13,16-17,28H,5,7-10,14-15H2,1-4H3,(H,29,32);1-2H3/b18-11-,22-6+;.